The van der Waals surface area contributed by atoms with Gasteiger partial charge in [0.15, 0.2) is 0 Å². The molecule has 2 rings (SSSR count). The maximum Gasteiger partial charge on any atom is 0.244 e. The van der Waals surface area contributed by atoms with Gasteiger partial charge in [0, 0.05) is 31.7 Å². The summed E-state index contributed by atoms with van der Waals surface area (Å²) in [7, 11) is -3.62. The fraction of sp³-hybridized carbons (Fsp3) is 0.286. The van der Waals surface area contributed by atoms with E-state index in [4.69, 9.17) is 0 Å². The highest BCUT2D eigenvalue weighted by atomic mass is 32.2. The van der Waals surface area contributed by atoms with Gasteiger partial charge in [-0.2, -0.15) is 0 Å². The molecule has 2 aromatic heterocycles. The molecule has 0 aromatic carbocycles. The van der Waals surface area contributed by atoms with E-state index >= 15 is 0 Å². The zero-order chi connectivity index (χ0) is 15.3. The first-order valence-corrected chi connectivity index (χ1v) is 8.11. The van der Waals surface area contributed by atoms with Crippen LogP contribution >= 0.6 is 0 Å². The Morgan fingerprint density at radius 3 is 2.76 bits per heavy atom. The van der Waals surface area contributed by atoms with E-state index in [0.29, 0.717) is 12.4 Å². The Labute approximate surface area is 124 Å². The highest BCUT2D eigenvalue weighted by Crippen LogP contribution is 2.18. The molecular weight excluding hydrogens is 288 g/mol. The van der Waals surface area contributed by atoms with Crippen LogP contribution in [-0.4, -0.2) is 24.9 Å². The van der Waals surface area contributed by atoms with Gasteiger partial charge < -0.3 is 5.32 Å². The quantitative estimate of drug-likeness (QED) is 0.848. The van der Waals surface area contributed by atoms with E-state index in [0.717, 1.165) is 11.1 Å². The Bertz CT molecular complexity index is 716. The molecule has 2 N–H and O–H groups in total. The lowest BCUT2D eigenvalue weighted by Gasteiger charge is -2.12. The third kappa shape index (κ3) is 3.77. The molecule has 112 valence electrons. The van der Waals surface area contributed by atoms with Crippen LogP contribution in [-0.2, 0) is 16.6 Å². The van der Waals surface area contributed by atoms with Crippen LogP contribution in [0.2, 0.25) is 0 Å². The van der Waals surface area contributed by atoms with Crippen LogP contribution in [0.25, 0.3) is 0 Å². The van der Waals surface area contributed by atoms with Crippen molar-refractivity contribution >= 4 is 15.8 Å². The number of aryl methyl sites for hydroxylation is 1. The smallest absolute Gasteiger partial charge is 0.244 e. The topological polar surface area (TPSA) is 84.0 Å². The fourth-order valence-electron chi connectivity index (χ4n) is 1.86. The van der Waals surface area contributed by atoms with E-state index in [1.54, 1.807) is 30.7 Å². The van der Waals surface area contributed by atoms with Crippen molar-refractivity contribution in [2.75, 3.05) is 11.9 Å². The van der Waals surface area contributed by atoms with Crippen molar-refractivity contribution in [2.45, 2.75) is 25.3 Å². The SMILES string of the molecule is CCNc1ncccc1S(=O)(=O)NCc1ccncc1C. The van der Waals surface area contributed by atoms with Crippen LogP contribution in [0.4, 0.5) is 5.82 Å². The number of rotatable bonds is 6. The summed E-state index contributed by atoms with van der Waals surface area (Å²) in [6.07, 6.45) is 4.91. The molecule has 21 heavy (non-hydrogen) atoms. The molecule has 0 saturated carbocycles. The van der Waals surface area contributed by atoms with Crippen molar-refractivity contribution in [2.24, 2.45) is 0 Å². The molecule has 0 saturated heterocycles. The van der Waals surface area contributed by atoms with Crippen LogP contribution in [0.15, 0.2) is 41.7 Å². The second-order valence-corrected chi connectivity index (χ2v) is 6.24. The van der Waals surface area contributed by atoms with Gasteiger partial charge in [-0.3, -0.25) is 4.98 Å². The summed E-state index contributed by atoms with van der Waals surface area (Å²) in [6.45, 7) is 4.60. The summed E-state index contributed by atoms with van der Waals surface area (Å²) in [5.41, 5.74) is 1.83. The van der Waals surface area contributed by atoms with Gasteiger partial charge in [0.05, 0.1) is 0 Å². The molecule has 0 aliphatic rings. The Morgan fingerprint density at radius 2 is 2.05 bits per heavy atom. The molecule has 7 heteroatoms. The Morgan fingerprint density at radius 1 is 1.24 bits per heavy atom. The lowest BCUT2D eigenvalue weighted by molar-refractivity contribution is 0.581. The van der Waals surface area contributed by atoms with Gasteiger partial charge in [-0.25, -0.2) is 18.1 Å². The average molecular weight is 306 g/mol. The van der Waals surface area contributed by atoms with E-state index < -0.39 is 10.0 Å². The third-order valence-corrected chi connectivity index (χ3v) is 4.43. The first-order valence-electron chi connectivity index (χ1n) is 6.62. The molecule has 2 heterocycles. The lowest BCUT2D eigenvalue weighted by Crippen LogP contribution is -2.25. The van der Waals surface area contributed by atoms with Crippen molar-refractivity contribution < 1.29 is 8.42 Å². The molecule has 0 fully saturated rings. The third-order valence-electron chi connectivity index (χ3n) is 2.99. The minimum absolute atomic E-state index is 0.151. The number of pyridine rings is 2. The normalized spacial score (nSPS) is 11.3. The van der Waals surface area contributed by atoms with Crippen molar-refractivity contribution in [1.82, 2.24) is 14.7 Å². The average Bonchev–Trinajstić information content (AvgIpc) is 2.47. The van der Waals surface area contributed by atoms with Gasteiger partial charge in [-0.1, -0.05) is 0 Å². The molecule has 0 unspecified atom stereocenters. The van der Waals surface area contributed by atoms with E-state index in [1.807, 2.05) is 13.8 Å². The lowest BCUT2D eigenvalue weighted by atomic mass is 10.2. The van der Waals surface area contributed by atoms with Crippen LogP contribution in [0.3, 0.4) is 0 Å². The number of nitrogens with zero attached hydrogens (tertiary/aromatic N) is 2. The summed E-state index contributed by atoms with van der Waals surface area (Å²) in [4.78, 5) is 8.21. The monoisotopic (exact) mass is 306 g/mol. The number of aromatic nitrogens is 2. The molecular formula is C14H18N4O2S. The molecule has 0 amide bonds. The van der Waals surface area contributed by atoms with Crippen molar-refractivity contribution in [1.29, 1.82) is 0 Å². The fourth-order valence-corrected chi connectivity index (χ4v) is 3.00. The maximum absolute atomic E-state index is 12.4. The van der Waals surface area contributed by atoms with Gasteiger partial charge in [0.1, 0.15) is 10.7 Å². The van der Waals surface area contributed by atoms with Gasteiger partial charge in [0.25, 0.3) is 0 Å². The number of anilines is 1. The molecule has 0 atom stereocenters. The van der Waals surface area contributed by atoms with E-state index in [1.165, 1.54) is 6.07 Å². The zero-order valence-corrected chi connectivity index (χ0v) is 12.8. The number of hydrogen-bond donors (Lipinski definition) is 2. The van der Waals surface area contributed by atoms with Gasteiger partial charge >= 0.3 is 0 Å². The predicted octanol–water partition coefficient (Wildman–Crippen LogP) is 1.70. The summed E-state index contributed by atoms with van der Waals surface area (Å²) in [5, 5.41) is 2.95. The van der Waals surface area contributed by atoms with Crippen molar-refractivity contribution in [3.63, 3.8) is 0 Å². The van der Waals surface area contributed by atoms with Crippen molar-refractivity contribution in [3.8, 4) is 0 Å². The number of nitrogens with one attached hydrogen (secondary N) is 2. The minimum Gasteiger partial charge on any atom is -0.369 e. The van der Waals surface area contributed by atoms with Crippen LogP contribution < -0.4 is 10.0 Å². The Hall–Kier alpha value is -1.99. The standard InChI is InChI=1S/C14H18N4O2S/c1-3-16-14-13(5-4-7-17-14)21(19,20)18-10-12-6-8-15-9-11(12)2/h4-9,18H,3,10H2,1-2H3,(H,16,17). The van der Waals surface area contributed by atoms with Gasteiger partial charge in [0.2, 0.25) is 10.0 Å². The molecule has 0 aliphatic carbocycles. The Balaban J connectivity index is 2.21. The first-order chi connectivity index (χ1) is 10.0. The molecule has 0 radical (unpaired) electrons. The van der Waals surface area contributed by atoms with Gasteiger partial charge in [-0.05, 0) is 43.2 Å². The largest absolute Gasteiger partial charge is 0.369 e. The molecule has 0 spiro atoms. The highest BCUT2D eigenvalue weighted by Gasteiger charge is 2.18. The first kappa shape index (κ1) is 15.4. The molecule has 2 aromatic rings. The minimum atomic E-state index is -3.62. The summed E-state index contributed by atoms with van der Waals surface area (Å²) >= 11 is 0. The van der Waals surface area contributed by atoms with Crippen LogP contribution in [0, 0.1) is 6.92 Å². The number of sulfonamides is 1. The second-order valence-electron chi connectivity index (χ2n) is 4.51. The van der Waals surface area contributed by atoms with E-state index in [9.17, 15) is 8.42 Å². The van der Waals surface area contributed by atoms with E-state index in [2.05, 4.69) is 20.0 Å². The number of hydrogen-bond acceptors (Lipinski definition) is 5. The van der Waals surface area contributed by atoms with Gasteiger partial charge in [-0.15, -0.1) is 0 Å². The molecule has 0 bridgehead atoms. The maximum atomic E-state index is 12.4. The highest BCUT2D eigenvalue weighted by molar-refractivity contribution is 7.89. The summed E-state index contributed by atoms with van der Waals surface area (Å²) in [5.74, 6) is 0.360. The molecule has 0 aliphatic heterocycles. The summed E-state index contributed by atoms with van der Waals surface area (Å²) in [6, 6.07) is 4.94. The predicted molar refractivity (Wildman–Crippen MR) is 81.4 cm³/mol. The zero-order valence-electron chi connectivity index (χ0n) is 12.0. The van der Waals surface area contributed by atoms with Crippen LogP contribution in [0.1, 0.15) is 18.1 Å². The van der Waals surface area contributed by atoms with E-state index in [-0.39, 0.29) is 11.4 Å². The molecule has 6 nitrogen and oxygen atoms in total. The van der Waals surface area contributed by atoms with Crippen molar-refractivity contribution in [3.05, 3.63) is 47.9 Å². The van der Waals surface area contributed by atoms with Crippen LogP contribution in [0.5, 0.6) is 0 Å². The summed E-state index contributed by atoms with van der Waals surface area (Å²) < 4.78 is 27.4. The second kappa shape index (κ2) is 6.64. The Kier molecular flexibility index (Phi) is 4.87.